The zero-order chi connectivity index (χ0) is 14.8. The van der Waals surface area contributed by atoms with Gasteiger partial charge >= 0.3 is 0 Å². The van der Waals surface area contributed by atoms with E-state index in [1.165, 1.54) is 11.6 Å². The largest absolute Gasteiger partial charge is 0.399 e. The van der Waals surface area contributed by atoms with E-state index < -0.39 is 10.0 Å². The van der Waals surface area contributed by atoms with Crippen LogP contribution in [0.1, 0.15) is 11.1 Å². The van der Waals surface area contributed by atoms with E-state index in [1.807, 2.05) is 31.2 Å². The lowest BCUT2D eigenvalue weighted by molar-refractivity contribution is 0.598. The van der Waals surface area contributed by atoms with Crippen LogP contribution < -0.4 is 16.2 Å². The summed E-state index contributed by atoms with van der Waals surface area (Å²) in [5.74, 6) is 0. The van der Waals surface area contributed by atoms with Crippen molar-refractivity contribution < 1.29 is 8.42 Å². The van der Waals surface area contributed by atoms with Crippen LogP contribution in [0, 0.1) is 6.92 Å². The van der Waals surface area contributed by atoms with Gasteiger partial charge in [-0.15, -0.1) is 0 Å². The van der Waals surface area contributed by atoms with Gasteiger partial charge in [0.2, 0.25) is 10.0 Å². The van der Waals surface area contributed by atoms with Crippen molar-refractivity contribution in [1.29, 1.82) is 0 Å². The maximum Gasteiger partial charge on any atom is 0.240 e. The number of anilines is 2. The monoisotopic (exact) mass is 291 g/mol. The van der Waals surface area contributed by atoms with E-state index in [0.29, 0.717) is 17.9 Å². The van der Waals surface area contributed by atoms with Crippen LogP contribution in [0.4, 0.5) is 11.4 Å². The first-order valence-electron chi connectivity index (χ1n) is 6.08. The molecular weight excluding hydrogens is 274 g/mol. The summed E-state index contributed by atoms with van der Waals surface area (Å²) in [6, 6.07) is 12.6. The molecule has 0 heterocycles. The highest BCUT2D eigenvalue weighted by atomic mass is 32.2. The molecular formula is C14H17N3O2S. The highest BCUT2D eigenvalue weighted by Gasteiger charge is 2.14. The molecule has 0 fully saturated rings. The van der Waals surface area contributed by atoms with Gasteiger partial charge < -0.3 is 11.1 Å². The Kier molecular flexibility index (Phi) is 3.96. The van der Waals surface area contributed by atoms with E-state index in [4.69, 9.17) is 10.9 Å². The second-order valence-corrected chi connectivity index (χ2v) is 6.17. The van der Waals surface area contributed by atoms with E-state index >= 15 is 0 Å². The van der Waals surface area contributed by atoms with Crippen LogP contribution in [-0.4, -0.2) is 8.42 Å². The third kappa shape index (κ3) is 3.49. The number of aryl methyl sites for hydroxylation is 1. The minimum atomic E-state index is -3.81. The minimum absolute atomic E-state index is 0.00427. The third-order valence-electron chi connectivity index (χ3n) is 2.92. The lowest BCUT2D eigenvalue weighted by Gasteiger charge is -2.11. The molecule has 2 aromatic rings. The Labute approximate surface area is 118 Å². The highest BCUT2D eigenvalue weighted by Crippen LogP contribution is 2.23. The number of nitrogens with one attached hydrogen (secondary N) is 1. The number of sulfonamides is 1. The molecule has 2 aromatic carbocycles. The van der Waals surface area contributed by atoms with Gasteiger partial charge in [0, 0.05) is 12.2 Å². The maximum absolute atomic E-state index is 11.5. The van der Waals surface area contributed by atoms with Gasteiger partial charge in [-0.1, -0.05) is 29.8 Å². The van der Waals surface area contributed by atoms with Crippen molar-refractivity contribution >= 4 is 21.4 Å². The number of hydrogen-bond donors (Lipinski definition) is 3. The Morgan fingerprint density at radius 2 is 1.75 bits per heavy atom. The number of nitrogen functional groups attached to an aromatic ring is 1. The van der Waals surface area contributed by atoms with Gasteiger partial charge in [0.15, 0.2) is 0 Å². The molecule has 0 bridgehead atoms. The van der Waals surface area contributed by atoms with E-state index in [0.717, 1.165) is 5.56 Å². The fourth-order valence-corrected chi connectivity index (χ4v) is 2.57. The van der Waals surface area contributed by atoms with Crippen molar-refractivity contribution in [2.24, 2.45) is 5.14 Å². The molecule has 0 unspecified atom stereocenters. The molecule has 2 rings (SSSR count). The molecule has 0 aliphatic heterocycles. The molecule has 0 saturated carbocycles. The van der Waals surface area contributed by atoms with Gasteiger partial charge in [0.25, 0.3) is 0 Å². The average molecular weight is 291 g/mol. The molecule has 106 valence electrons. The van der Waals surface area contributed by atoms with Gasteiger partial charge in [0.1, 0.15) is 4.90 Å². The number of rotatable bonds is 4. The van der Waals surface area contributed by atoms with Crippen LogP contribution in [-0.2, 0) is 16.6 Å². The quantitative estimate of drug-likeness (QED) is 0.748. The standard InChI is InChI=1S/C14H17N3O2S/c1-10-2-4-11(5-3-10)9-17-13-7-6-12(15)8-14(13)20(16,18)19/h2-8,17H,9,15H2,1H3,(H2,16,18,19). The van der Waals surface area contributed by atoms with Crippen LogP contribution in [0.2, 0.25) is 0 Å². The van der Waals surface area contributed by atoms with E-state index in [9.17, 15) is 8.42 Å². The predicted octanol–water partition coefficient (Wildman–Crippen LogP) is 1.84. The molecule has 0 atom stereocenters. The minimum Gasteiger partial charge on any atom is -0.399 e. The molecule has 6 heteroatoms. The van der Waals surface area contributed by atoms with Gasteiger partial charge in [-0.05, 0) is 30.7 Å². The topological polar surface area (TPSA) is 98.2 Å². The summed E-state index contributed by atoms with van der Waals surface area (Å²) in [7, 11) is -3.81. The normalized spacial score (nSPS) is 11.3. The van der Waals surface area contributed by atoms with Gasteiger partial charge in [-0.25, -0.2) is 13.6 Å². The lowest BCUT2D eigenvalue weighted by atomic mass is 10.1. The molecule has 0 aromatic heterocycles. The van der Waals surface area contributed by atoms with Crippen LogP contribution in [0.5, 0.6) is 0 Å². The second kappa shape index (κ2) is 5.52. The highest BCUT2D eigenvalue weighted by molar-refractivity contribution is 7.89. The third-order valence-corrected chi connectivity index (χ3v) is 3.87. The molecule has 0 aliphatic rings. The Hall–Kier alpha value is -2.05. The van der Waals surface area contributed by atoms with E-state index in [-0.39, 0.29) is 4.90 Å². The summed E-state index contributed by atoms with van der Waals surface area (Å²) in [4.78, 5) is 0.00427. The number of hydrogen-bond acceptors (Lipinski definition) is 4. The molecule has 0 saturated heterocycles. The van der Waals surface area contributed by atoms with Crippen LogP contribution in [0.25, 0.3) is 0 Å². The van der Waals surface area contributed by atoms with Gasteiger partial charge in [-0.2, -0.15) is 0 Å². The molecule has 5 nitrogen and oxygen atoms in total. The summed E-state index contributed by atoms with van der Waals surface area (Å²) in [6.07, 6.45) is 0. The molecule has 0 aliphatic carbocycles. The molecule has 0 radical (unpaired) electrons. The van der Waals surface area contributed by atoms with Crippen molar-refractivity contribution in [3.63, 3.8) is 0 Å². The summed E-state index contributed by atoms with van der Waals surface area (Å²) in [6.45, 7) is 2.52. The van der Waals surface area contributed by atoms with Crippen molar-refractivity contribution in [3.05, 3.63) is 53.6 Å². The zero-order valence-corrected chi connectivity index (χ0v) is 11.9. The van der Waals surface area contributed by atoms with Gasteiger partial charge in [-0.3, -0.25) is 0 Å². The Morgan fingerprint density at radius 1 is 1.10 bits per heavy atom. The van der Waals surface area contributed by atoms with Crippen molar-refractivity contribution in [2.75, 3.05) is 11.1 Å². The summed E-state index contributed by atoms with van der Waals surface area (Å²) < 4.78 is 23.1. The summed E-state index contributed by atoms with van der Waals surface area (Å²) in [5.41, 5.74) is 8.62. The van der Waals surface area contributed by atoms with Crippen molar-refractivity contribution in [2.45, 2.75) is 18.4 Å². The van der Waals surface area contributed by atoms with E-state index in [1.54, 1.807) is 12.1 Å². The Morgan fingerprint density at radius 3 is 2.35 bits per heavy atom. The Bertz CT molecular complexity index is 710. The number of primary sulfonamides is 1. The lowest BCUT2D eigenvalue weighted by Crippen LogP contribution is -2.15. The van der Waals surface area contributed by atoms with Crippen molar-refractivity contribution in [1.82, 2.24) is 0 Å². The van der Waals surface area contributed by atoms with E-state index in [2.05, 4.69) is 5.32 Å². The number of nitrogens with two attached hydrogens (primary N) is 2. The Balaban J connectivity index is 2.23. The maximum atomic E-state index is 11.5. The predicted molar refractivity (Wildman–Crippen MR) is 80.7 cm³/mol. The van der Waals surface area contributed by atoms with Crippen LogP contribution in [0.3, 0.4) is 0 Å². The first-order chi connectivity index (χ1) is 9.36. The van der Waals surface area contributed by atoms with Crippen molar-refractivity contribution in [3.8, 4) is 0 Å². The fraction of sp³-hybridized carbons (Fsp3) is 0.143. The zero-order valence-electron chi connectivity index (χ0n) is 11.1. The molecule has 5 N–H and O–H groups in total. The smallest absolute Gasteiger partial charge is 0.240 e. The summed E-state index contributed by atoms with van der Waals surface area (Å²) >= 11 is 0. The summed E-state index contributed by atoms with van der Waals surface area (Å²) in [5, 5.41) is 8.26. The van der Waals surface area contributed by atoms with Crippen LogP contribution in [0.15, 0.2) is 47.4 Å². The van der Waals surface area contributed by atoms with Crippen LogP contribution >= 0.6 is 0 Å². The SMILES string of the molecule is Cc1ccc(CNc2ccc(N)cc2S(N)(=O)=O)cc1. The molecule has 0 amide bonds. The second-order valence-electron chi connectivity index (χ2n) is 4.64. The first-order valence-corrected chi connectivity index (χ1v) is 7.62. The first kappa shape index (κ1) is 14.4. The molecule has 20 heavy (non-hydrogen) atoms. The fourth-order valence-electron chi connectivity index (χ4n) is 1.82. The average Bonchev–Trinajstić information content (AvgIpc) is 2.38. The number of benzene rings is 2. The van der Waals surface area contributed by atoms with Gasteiger partial charge in [0.05, 0.1) is 5.69 Å². The molecule has 0 spiro atoms.